The first-order valence-electron chi connectivity index (χ1n) is 9.33. The zero-order valence-corrected chi connectivity index (χ0v) is 15.7. The largest absolute Gasteiger partial charge is 0.466 e. The number of piperidine rings is 1. The van der Waals surface area contributed by atoms with Crippen molar-refractivity contribution in [3.05, 3.63) is 53.5 Å². The van der Waals surface area contributed by atoms with Crippen LogP contribution in [-0.4, -0.2) is 48.6 Å². The highest BCUT2D eigenvalue weighted by Crippen LogP contribution is 2.32. The summed E-state index contributed by atoms with van der Waals surface area (Å²) < 4.78 is 11.5. The Morgan fingerprint density at radius 2 is 1.93 bits per heavy atom. The average Bonchev–Trinajstić information content (AvgIpc) is 3.02. The Labute approximate surface area is 158 Å². The molecule has 2 aliphatic heterocycles. The molecular formula is C21H24N2O4. The minimum atomic E-state index is -0.523. The van der Waals surface area contributed by atoms with Gasteiger partial charge >= 0.3 is 0 Å². The van der Waals surface area contributed by atoms with Gasteiger partial charge in [-0.3, -0.25) is 9.59 Å². The average molecular weight is 368 g/mol. The number of para-hydroxylation sites is 1. The molecule has 1 aromatic carbocycles. The quantitative estimate of drug-likeness (QED) is 0.818. The predicted octanol–water partition coefficient (Wildman–Crippen LogP) is 2.93. The monoisotopic (exact) mass is 368 g/mol. The Morgan fingerprint density at radius 1 is 1.15 bits per heavy atom. The van der Waals surface area contributed by atoms with Crippen LogP contribution < -0.4 is 4.90 Å². The molecule has 27 heavy (non-hydrogen) atoms. The molecule has 2 fully saturated rings. The number of benzene rings is 1. The van der Waals surface area contributed by atoms with E-state index in [1.54, 1.807) is 11.0 Å². The number of anilines is 1. The van der Waals surface area contributed by atoms with Gasteiger partial charge in [-0.05, 0) is 44.9 Å². The molecule has 6 heteroatoms. The van der Waals surface area contributed by atoms with Crippen LogP contribution in [0.3, 0.4) is 0 Å². The molecule has 1 spiro atoms. The maximum Gasteiger partial charge on any atom is 0.257 e. The second kappa shape index (κ2) is 6.85. The SMILES string of the molecule is Cc1cc(C(=O)N2CCCC3(C2)CN(c2ccccc2)C(=O)CO3)c(C)o1. The molecule has 0 N–H and O–H groups in total. The molecule has 142 valence electrons. The second-order valence-electron chi connectivity index (χ2n) is 7.44. The summed E-state index contributed by atoms with van der Waals surface area (Å²) >= 11 is 0. The van der Waals surface area contributed by atoms with Gasteiger partial charge < -0.3 is 19.0 Å². The Morgan fingerprint density at radius 3 is 2.63 bits per heavy atom. The zero-order chi connectivity index (χ0) is 19.0. The van der Waals surface area contributed by atoms with Crippen LogP contribution in [0.15, 0.2) is 40.8 Å². The topological polar surface area (TPSA) is 63.0 Å². The molecule has 4 rings (SSSR count). The summed E-state index contributed by atoms with van der Waals surface area (Å²) in [6, 6.07) is 11.4. The van der Waals surface area contributed by atoms with Gasteiger partial charge in [-0.15, -0.1) is 0 Å². The predicted molar refractivity (Wildman–Crippen MR) is 101 cm³/mol. The van der Waals surface area contributed by atoms with E-state index in [9.17, 15) is 9.59 Å². The van der Waals surface area contributed by atoms with Crippen LogP contribution in [0.5, 0.6) is 0 Å². The molecule has 2 amide bonds. The Balaban J connectivity index is 1.55. The first-order chi connectivity index (χ1) is 13.0. The third-order valence-electron chi connectivity index (χ3n) is 5.42. The minimum absolute atomic E-state index is 0.0322. The van der Waals surface area contributed by atoms with Crippen LogP contribution in [-0.2, 0) is 9.53 Å². The number of amides is 2. The number of nitrogens with zero attached hydrogens (tertiary/aromatic N) is 2. The summed E-state index contributed by atoms with van der Waals surface area (Å²) in [4.78, 5) is 29.0. The fourth-order valence-corrected chi connectivity index (χ4v) is 4.09. The van der Waals surface area contributed by atoms with Gasteiger partial charge in [-0.25, -0.2) is 0 Å². The van der Waals surface area contributed by atoms with E-state index in [1.165, 1.54) is 0 Å². The number of carbonyl (C=O) groups is 2. The zero-order valence-electron chi connectivity index (χ0n) is 15.7. The fourth-order valence-electron chi connectivity index (χ4n) is 4.09. The van der Waals surface area contributed by atoms with E-state index in [2.05, 4.69) is 0 Å². The number of likely N-dealkylation sites (tertiary alicyclic amines) is 1. The van der Waals surface area contributed by atoms with E-state index in [1.807, 2.05) is 49.1 Å². The molecule has 0 bridgehead atoms. The third-order valence-corrected chi connectivity index (χ3v) is 5.42. The van der Waals surface area contributed by atoms with E-state index in [0.29, 0.717) is 31.0 Å². The summed E-state index contributed by atoms with van der Waals surface area (Å²) in [7, 11) is 0. The van der Waals surface area contributed by atoms with Crippen LogP contribution in [0.1, 0.15) is 34.7 Å². The Kier molecular flexibility index (Phi) is 4.52. The van der Waals surface area contributed by atoms with E-state index in [-0.39, 0.29) is 18.4 Å². The smallest absolute Gasteiger partial charge is 0.257 e. The lowest BCUT2D eigenvalue weighted by Gasteiger charge is -2.47. The molecule has 1 unspecified atom stereocenters. The Hall–Kier alpha value is -2.60. The van der Waals surface area contributed by atoms with Gasteiger partial charge in [0.05, 0.1) is 18.7 Å². The summed E-state index contributed by atoms with van der Waals surface area (Å²) in [6.07, 6.45) is 1.68. The van der Waals surface area contributed by atoms with Gasteiger partial charge in [-0.2, -0.15) is 0 Å². The van der Waals surface area contributed by atoms with E-state index in [4.69, 9.17) is 9.15 Å². The van der Waals surface area contributed by atoms with Gasteiger partial charge in [0, 0.05) is 12.2 Å². The number of morpholine rings is 1. The number of aryl methyl sites for hydroxylation is 2. The third kappa shape index (κ3) is 3.37. The van der Waals surface area contributed by atoms with Crippen molar-refractivity contribution < 1.29 is 18.7 Å². The van der Waals surface area contributed by atoms with Gasteiger partial charge in [0.15, 0.2) is 0 Å². The lowest BCUT2D eigenvalue weighted by molar-refractivity contribution is -0.144. The van der Waals surface area contributed by atoms with Crippen molar-refractivity contribution in [2.45, 2.75) is 32.3 Å². The van der Waals surface area contributed by atoms with Crippen molar-refractivity contribution in [3.63, 3.8) is 0 Å². The highest BCUT2D eigenvalue weighted by molar-refractivity contribution is 5.96. The maximum absolute atomic E-state index is 13.0. The van der Waals surface area contributed by atoms with Crippen LogP contribution in [0, 0.1) is 13.8 Å². The van der Waals surface area contributed by atoms with E-state index in [0.717, 1.165) is 24.3 Å². The van der Waals surface area contributed by atoms with Crippen molar-refractivity contribution >= 4 is 17.5 Å². The number of hydrogen-bond donors (Lipinski definition) is 0. The van der Waals surface area contributed by atoms with Gasteiger partial charge in [0.2, 0.25) is 0 Å². The van der Waals surface area contributed by atoms with Gasteiger partial charge in [0.1, 0.15) is 23.7 Å². The molecule has 0 saturated carbocycles. The molecule has 2 aromatic rings. The first-order valence-corrected chi connectivity index (χ1v) is 9.33. The van der Waals surface area contributed by atoms with E-state index < -0.39 is 5.60 Å². The summed E-state index contributed by atoms with van der Waals surface area (Å²) in [5.74, 6) is 1.30. The van der Waals surface area contributed by atoms with Crippen molar-refractivity contribution in [2.24, 2.45) is 0 Å². The highest BCUT2D eigenvalue weighted by atomic mass is 16.5. The number of hydrogen-bond acceptors (Lipinski definition) is 4. The molecule has 2 saturated heterocycles. The molecule has 0 aliphatic carbocycles. The number of furan rings is 1. The summed E-state index contributed by atoms with van der Waals surface area (Å²) in [5.41, 5.74) is 0.955. The number of carbonyl (C=O) groups excluding carboxylic acids is 2. The van der Waals surface area contributed by atoms with Crippen LogP contribution in [0.2, 0.25) is 0 Å². The molecule has 1 aromatic heterocycles. The standard InChI is InChI=1S/C21H24N2O4/c1-15-11-18(16(2)27-15)20(25)22-10-6-9-21(13-22)14-23(19(24)12-26-21)17-7-4-3-5-8-17/h3-5,7-8,11H,6,9-10,12-14H2,1-2H3. The second-order valence-corrected chi connectivity index (χ2v) is 7.44. The van der Waals surface area contributed by atoms with Crippen LogP contribution in [0.25, 0.3) is 0 Å². The fraction of sp³-hybridized carbons (Fsp3) is 0.429. The van der Waals surface area contributed by atoms with Crippen molar-refractivity contribution in [1.29, 1.82) is 0 Å². The van der Waals surface area contributed by atoms with Gasteiger partial charge in [-0.1, -0.05) is 18.2 Å². The number of ether oxygens (including phenoxy) is 1. The van der Waals surface area contributed by atoms with E-state index >= 15 is 0 Å². The summed E-state index contributed by atoms with van der Waals surface area (Å²) in [5, 5.41) is 0. The molecule has 2 aliphatic rings. The molecule has 6 nitrogen and oxygen atoms in total. The molecule has 0 radical (unpaired) electrons. The Bertz CT molecular complexity index is 860. The molecule has 1 atom stereocenters. The maximum atomic E-state index is 13.0. The molecule has 3 heterocycles. The lowest BCUT2D eigenvalue weighted by atomic mass is 9.90. The minimum Gasteiger partial charge on any atom is -0.466 e. The highest BCUT2D eigenvalue weighted by Gasteiger charge is 2.44. The van der Waals surface area contributed by atoms with Crippen molar-refractivity contribution in [1.82, 2.24) is 4.90 Å². The summed E-state index contributed by atoms with van der Waals surface area (Å²) in [6.45, 7) is 5.32. The van der Waals surface area contributed by atoms with Crippen molar-refractivity contribution in [3.8, 4) is 0 Å². The lowest BCUT2D eigenvalue weighted by Crippen LogP contribution is -2.62. The van der Waals surface area contributed by atoms with Crippen LogP contribution in [0.4, 0.5) is 5.69 Å². The number of rotatable bonds is 2. The van der Waals surface area contributed by atoms with Crippen molar-refractivity contribution in [2.75, 3.05) is 31.1 Å². The first kappa shape index (κ1) is 17.8. The van der Waals surface area contributed by atoms with Crippen LogP contribution >= 0.6 is 0 Å². The van der Waals surface area contributed by atoms with Gasteiger partial charge in [0.25, 0.3) is 11.8 Å². The molecular weight excluding hydrogens is 344 g/mol. The normalized spacial score (nSPS) is 23.1.